The maximum atomic E-state index is 6.69. The fourth-order valence-corrected chi connectivity index (χ4v) is 4.05. The number of aromatic amines is 1. The molecular formula is C21H22Cl2KN5O. The first-order chi connectivity index (χ1) is 13.7. The molecule has 9 heteroatoms. The van der Waals surface area contributed by atoms with Gasteiger partial charge in [-0.3, -0.25) is 4.68 Å². The quantitative estimate of drug-likeness (QED) is 0.429. The molecule has 0 saturated heterocycles. The number of halogens is 2. The number of nitrogens with one attached hydrogen (secondary N) is 1. The van der Waals surface area contributed by atoms with Crippen LogP contribution in [0.1, 0.15) is 26.5 Å². The zero-order valence-electron chi connectivity index (χ0n) is 16.8. The molecule has 0 aliphatic carbocycles. The zero-order chi connectivity index (χ0) is 20.9. The Hall–Kier alpha value is -0.934. The summed E-state index contributed by atoms with van der Waals surface area (Å²) in [5.41, 5.74) is 4.24. The van der Waals surface area contributed by atoms with E-state index in [4.69, 9.17) is 32.9 Å². The van der Waals surface area contributed by atoms with Crippen molar-refractivity contribution in [3.8, 4) is 28.7 Å². The topological polar surface area (TPSA) is 68.6 Å². The third-order valence-corrected chi connectivity index (χ3v) is 5.40. The van der Waals surface area contributed by atoms with Gasteiger partial charge in [-0.15, -0.1) is 0 Å². The first-order valence-electron chi connectivity index (χ1n) is 9.13. The van der Waals surface area contributed by atoms with Crippen molar-refractivity contribution in [3.63, 3.8) is 0 Å². The van der Waals surface area contributed by atoms with Crippen molar-refractivity contribution in [2.75, 3.05) is 7.11 Å². The van der Waals surface area contributed by atoms with E-state index in [1.807, 2.05) is 37.4 Å². The summed E-state index contributed by atoms with van der Waals surface area (Å²) in [6.45, 7) is 6.23. The minimum absolute atomic E-state index is 0. The Bertz CT molecular complexity index is 1230. The van der Waals surface area contributed by atoms with Gasteiger partial charge in [0.15, 0.2) is 5.82 Å². The van der Waals surface area contributed by atoms with E-state index in [0.29, 0.717) is 44.2 Å². The molecule has 0 spiro atoms. The van der Waals surface area contributed by atoms with Crippen molar-refractivity contribution >= 4 is 85.6 Å². The molecule has 0 atom stereocenters. The Kier molecular flexibility index (Phi) is 7.04. The molecule has 0 bridgehead atoms. The number of H-pyrrole nitrogens is 1. The van der Waals surface area contributed by atoms with E-state index in [1.165, 1.54) is 0 Å². The number of aromatic nitrogens is 5. The van der Waals surface area contributed by atoms with Gasteiger partial charge in [0, 0.05) is 23.0 Å². The van der Waals surface area contributed by atoms with Crippen LogP contribution in [0.5, 0.6) is 5.88 Å². The van der Waals surface area contributed by atoms with E-state index < -0.39 is 0 Å². The van der Waals surface area contributed by atoms with Gasteiger partial charge in [-0.1, -0.05) is 62.2 Å². The number of nitrogens with zero attached hydrogens (tertiary/aromatic N) is 4. The van der Waals surface area contributed by atoms with Crippen LogP contribution in [0.3, 0.4) is 0 Å². The summed E-state index contributed by atoms with van der Waals surface area (Å²) in [6, 6.07) is 9.42. The zero-order valence-corrected chi connectivity index (χ0v) is 18.4. The van der Waals surface area contributed by atoms with Crippen LogP contribution in [0.2, 0.25) is 10.0 Å². The van der Waals surface area contributed by atoms with E-state index >= 15 is 0 Å². The standard InChI is InChI=1S/C21H21Cl2N5O.K.H/c1-21(2,3)18-15(23)17(28(4)27-18)19-24-14-10-13(11-8-6-7-9-12(11)22)25-20(29-5)16(14)26-19;;/h6-10H,1-5H3,(H,24,26);;. The maximum absolute atomic E-state index is 6.69. The second-order valence-corrected chi connectivity index (χ2v) is 8.65. The van der Waals surface area contributed by atoms with Gasteiger partial charge in [-0.25, -0.2) is 9.97 Å². The van der Waals surface area contributed by atoms with Crippen molar-refractivity contribution in [1.82, 2.24) is 24.7 Å². The van der Waals surface area contributed by atoms with Crippen molar-refractivity contribution < 1.29 is 4.74 Å². The van der Waals surface area contributed by atoms with Crippen molar-refractivity contribution in [3.05, 3.63) is 46.1 Å². The van der Waals surface area contributed by atoms with Gasteiger partial charge in [0.25, 0.3) is 0 Å². The molecule has 6 nitrogen and oxygen atoms in total. The van der Waals surface area contributed by atoms with Crippen LogP contribution in [0.15, 0.2) is 30.3 Å². The van der Waals surface area contributed by atoms with Crippen molar-refractivity contribution in [1.29, 1.82) is 0 Å². The van der Waals surface area contributed by atoms with E-state index in [1.54, 1.807) is 11.8 Å². The fraction of sp³-hybridized carbons (Fsp3) is 0.286. The summed E-state index contributed by atoms with van der Waals surface area (Å²) >= 11 is 13.0. The number of hydrogen-bond acceptors (Lipinski definition) is 4. The van der Waals surface area contributed by atoms with Gasteiger partial charge in [-0.05, 0) is 12.1 Å². The number of ether oxygens (including phenoxy) is 1. The van der Waals surface area contributed by atoms with Gasteiger partial charge >= 0.3 is 51.4 Å². The van der Waals surface area contributed by atoms with Gasteiger partial charge in [0.2, 0.25) is 5.88 Å². The van der Waals surface area contributed by atoms with Crippen LogP contribution in [0.25, 0.3) is 33.8 Å². The number of fused-ring (bicyclic) bond motifs is 1. The predicted molar refractivity (Wildman–Crippen MR) is 124 cm³/mol. The number of rotatable bonds is 3. The Morgan fingerprint density at radius 1 is 1.10 bits per heavy atom. The molecule has 0 aliphatic heterocycles. The normalized spacial score (nSPS) is 11.6. The summed E-state index contributed by atoms with van der Waals surface area (Å²) in [6.07, 6.45) is 0. The molecule has 3 aromatic heterocycles. The summed E-state index contributed by atoms with van der Waals surface area (Å²) in [5, 5.41) is 5.80. The number of imidazole rings is 1. The van der Waals surface area contributed by atoms with Crippen LogP contribution in [0.4, 0.5) is 0 Å². The molecule has 0 unspecified atom stereocenters. The summed E-state index contributed by atoms with van der Waals surface area (Å²) in [7, 11) is 3.43. The second-order valence-electron chi connectivity index (χ2n) is 7.86. The molecule has 0 fully saturated rings. The molecular weight excluding hydrogens is 448 g/mol. The molecule has 152 valence electrons. The molecule has 4 aromatic rings. The summed E-state index contributed by atoms with van der Waals surface area (Å²) in [5.74, 6) is 1.04. The van der Waals surface area contributed by atoms with E-state index in [2.05, 4.69) is 35.8 Å². The van der Waals surface area contributed by atoms with E-state index in [0.717, 1.165) is 11.3 Å². The molecule has 0 radical (unpaired) electrons. The van der Waals surface area contributed by atoms with Gasteiger partial charge in [-0.2, -0.15) is 5.10 Å². The van der Waals surface area contributed by atoms with E-state index in [-0.39, 0.29) is 56.8 Å². The molecule has 1 N–H and O–H groups in total. The van der Waals surface area contributed by atoms with Crippen LogP contribution in [-0.2, 0) is 12.5 Å². The third kappa shape index (κ3) is 4.21. The summed E-state index contributed by atoms with van der Waals surface area (Å²) in [4.78, 5) is 12.7. The van der Waals surface area contributed by atoms with Crippen LogP contribution in [0, 0.1) is 0 Å². The summed E-state index contributed by atoms with van der Waals surface area (Å²) < 4.78 is 7.26. The number of aryl methyl sites for hydroxylation is 1. The number of pyridine rings is 1. The number of benzene rings is 1. The fourth-order valence-electron chi connectivity index (χ4n) is 3.28. The monoisotopic (exact) mass is 469 g/mol. The van der Waals surface area contributed by atoms with Gasteiger partial charge < -0.3 is 9.72 Å². The Morgan fingerprint density at radius 2 is 1.80 bits per heavy atom. The SMILES string of the molecule is COc1nc(-c2ccccc2Cl)cc2nc(-c3c(Cl)c(C(C)(C)C)nn3C)[nH]c12.[KH]. The molecule has 0 saturated carbocycles. The van der Waals surface area contributed by atoms with Crippen LogP contribution in [-0.4, -0.2) is 83.2 Å². The van der Waals surface area contributed by atoms with Crippen molar-refractivity contribution in [2.45, 2.75) is 26.2 Å². The first-order valence-corrected chi connectivity index (χ1v) is 9.89. The first kappa shape index (κ1) is 23.7. The Morgan fingerprint density at radius 3 is 2.40 bits per heavy atom. The second kappa shape index (κ2) is 8.90. The third-order valence-electron chi connectivity index (χ3n) is 4.71. The number of hydrogen-bond donors (Lipinski definition) is 1. The van der Waals surface area contributed by atoms with Gasteiger partial charge in [0.05, 0.1) is 29.0 Å². The predicted octanol–water partition coefficient (Wildman–Crippen LogP) is 4.99. The average Bonchev–Trinajstić information content (AvgIpc) is 3.21. The molecule has 0 aliphatic rings. The minimum atomic E-state index is -0.185. The Labute approximate surface area is 227 Å². The van der Waals surface area contributed by atoms with Crippen LogP contribution >= 0.6 is 23.2 Å². The molecule has 4 rings (SSSR count). The molecule has 0 amide bonds. The van der Waals surface area contributed by atoms with Crippen LogP contribution < -0.4 is 4.74 Å². The molecule has 3 heterocycles. The molecule has 1 aromatic carbocycles. The van der Waals surface area contributed by atoms with Gasteiger partial charge in [0.1, 0.15) is 11.2 Å². The molecule has 30 heavy (non-hydrogen) atoms. The van der Waals surface area contributed by atoms with Crippen molar-refractivity contribution in [2.24, 2.45) is 7.05 Å². The van der Waals surface area contributed by atoms with E-state index in [9.17, 15) is 0 Å². The Balaban J connectivity index is 0.00000256. The average molecular weight is 470 g/mol. The number of methoxy groups -OCH3 is 1.